The lowest BCUT2D eigenvalue weighted by atomic mass is 10.1. The Bertz CT molecular complexity index is 355. The van der Waals surface area contributed by atoms with Crippen LogP contribution in [0.2, 0.25) is 0 Å². The SMILES string of the molecule is CCC(CCO)Nc1ncccc1C(=O)O. The minimum atomic E-state index is -1.01. The third-order valence-corrected chi connectivity index (χ3v) is 2.35. The van der Waals surface area contributed by atoms with Gasteiger partial charge >= 0.3 is 5.97 Å². The first-order valence-electron chi connectivity index (χ1n) is 5.24. The van der Waals surface area contributed by atoms with Crippen molar-refractivity contribution < 1.29 is 15.0 Å². The van der Waals surface area contributed by atoms with Crippen LogP contribution in [-0.2, 0) is 0 Å². The minimum Gasteiger partial charge on any atom is -0.478 e. The summed E-state index contributed by atoms with van der Waals surface area (Å²) in [7, 11) is 0. The molecule has 0 aromatic carbocycles. The molecule has 0 saturated heterocycles. The standard InChI is InChI=1S/C11H16N2O3/c1-2-8(5-7-14)13-10-9(11(15)16)4-3-6-12-10/h3-4,6,8,14H,2,5,7H2,1H3,(H,12,13)(H,15,16). The van der Waals surface area contributed by atoms with E-state index >= 15 is 0 Å². The molecule has 88 valence electrons. The third kappa shape index (κ3) is 3.20. The number of pyridine rings is 1. The van der Waals surface area contributed by atoms with E-state index in [-0.39, 0.29) is 18.2 Å². The highest BCUT2D eigenvalue weighted by molar-refractivity contribution is 5.93. The highest BCUT2D eigenvalue weighted by atomic mass is 16.4. The van der Waals surface area contributed by atoms with Crippen LogP contribution in [0.4, 0.5) is 5.82 Å². The molecule has 1 aromatic heterocycles. The molecule has 0 bridgehead atoms. The Morgan fingerprint density at radius 1 is 1.62 bits per heavy atom. The summed E-state index contributed by atoms with van der Waals surface area (Å²) in [5.74, 6) is -0.648. The number of nitrogens with one attached hydrogen (secondary N) is 1. The first-order valence-corrected chi connectivity index (χ1v) is 5.24. The van der Waals surface area contributed by atoms with Gasteiger partial charge in [-0.05, 0) is 25.0 Å². The first kappa shape index (κ1) is 12.4. The number of hydrogen-bond donors (Lipinski definition) is 3. The first-order chi connectivity index (χ1) is 7.69. The Balaban J connectivity index is 2.82. The summed E-state index contributed by atoms with van der Waals surface area (Å²) in [5, 5.41) is 20.8. The Morgan fingerprint density at radius 3 is 2.94 bits per heavy atom. The van der Waals surface area contributed by atoms with Gasteiger partial charge in [0.15, 0.2) is 0 Å². The summed E-state index contributed by atoms with van der Waals surface area (Å²) in [5.41, 5.74) is 0.152. The van der Waals surface area contributed by atoms with E-state index in [2.05, 4.69) is 10.3 Å². The molecule has 3 N–H and O–H groups in total. The largest absolute Gasteiger partial charge is 0.478 e. The van der Waals surface area contributed by atoms with Crippen LogP contribution in [0.15, 0.2) is 18.3 Å². The van der Waals surface area contributed by atoms with E-state index in [1.165, 1.54) is 6.07 Å². The lowest BCUT2D eigenvalue weighted by molar-refractivity contribution is 0.0697. The van der Waals surface area contributed by atoms with Gasteiger partial charge in [-0.15, -0.1) is 0 Å². The van der Waals surface area contributed by atoms with E-state index in [1.54, 1.807) is 12.3 Å². The van der Waals surface area contributed by atoms with Crippen LogP contribution < -0.4 is 5.32 Å². The zero-order chi connectivity index (χ0) is 12.0. The van der Waals surface area contributed by atoms with Crippen LogP contribution in [0, 0.1) is 0 Å². The molecular weight excluding hydrogens is 208 g/mol. The Hall–Kier alpha value is -1.62. The lowest BCUT2D eigenvalue weighted by Gasteiger charge is -2.17. The number of hydrogen-bond acceptors (Lipinski definition) is 4. The quantitative estimate of drug-likeness (QED) is 0.679. The third-order valence-electron chi connectivity index (χ3n) is 2.35. The molecule has 5 nitrogen and oxygen atoms in total. The van der Waals surface area contributed by atoms with E-state index in [9.17, 15) is 4.79 Å². The monoisotopic (exact) mass is 224 g/mol. The van der Waals surface area contributed by atoms with Gasteiger partial charge in [0.2, 0.25) is 0 Å². The van der Waals surface area contributed by atoms with Gasteiger partial charge in [-0.1, -0.05) is 6.92 Å². The number of anilines is 1. The molecule has 0 spiro atoms. The summed E-state index contributed by atoms with van der Waals surface area (Å²) in [6, 6.07) is 3.13. The van der Waals surface area contributed by atoms with Gasteiger partial charge in [0.1, 0.15) is 11.4 Å². The molecular formula is C11H16N2O3. The second kappa shape index (κ2) is 6.07. The molecule has 0 aliphatic rings. The number of carboxylic acid groups (broad SMARTS) is 1. The Kier molecular flexibility index (Phi) is 4.72. The highest BCUT2D eigenvalue weighted by Gasteiger charge is 2.13. The normalized spacial score (nSPS) is 12.1. The molecule has 0 aliphatic heterocycles. The van der Waals surface area contributed by atoms with Crippen molar-refractivity contribution in [1.29, 1.82) is 0 Å². The molecule has 0 saturated carbocycles. The van der Waals surface area contributed by atoms with E-state index < -0.39 is 5.97 Å². The molecule has 0 fully saturated rings. The summed E-state index contributed by atoms with van der Waals surface area (Å²) in [4.78, 5) is 14.9. The van der Waals surface area contributed by atoms with Gasteiger partial charge in [0, 0.05) is 18.8 Å². The average Bonchev–Trinajstić information content (AvgIpc) is 2.29. The molecule has 1 unspecified atom stereocenters. The summed E-state index contributed by atoms with van der Waals surface area (Å²) < 4.78 is 0. The van der Waals surface area contributed by atoms with Crippen LogP contribution in [0.25, 0.3) is 0 Å². The van der Waals surface area contributed by atoms with Crippen molar-refractivity contribution in [2.45, 2.75) is 25.8 Å². The Morgan fingerprint density at radius 2 is 2.38 bits per heavy atom. The van der Waals surface area contributed by atoms with Gasteiger partial charge < -0.3 is 15.5 Å². The van der Waals surface area contributed by atoms with Crippen LogP contribution in [0.5, 0.6) is 0 Å². The number of carboxylic acids is 1. The van der Waals surface area contributed by atoms with Gasteiger partial charge in [-0.25, -0.2) is 9.78 Å². The number of aromatic nitrogens is 1. The van der Waals surface area contributed by atoms with Crippen LogP contribution in [-0.4, -0.2) is 33.8 Å². The van der Waals surface area contributed by atoms with Crippen molar-refractivity contribution >= 4 is 11.8 Å². The zero-order valence-electron chi connectivity index (χ0n) is 9.18. The van der Waals surface area contributed by atoms with Crippen molar-refractivity contribution in [3.8, 4) is 0 Å². The fraction of sp³-hybridized carbons (Fsp3) is 0.455. The lowest BCUT2D eigenvalue weighted by Crippen LogP contribution is -2.22. The van der Waals surface area contributed by atoms with Gasteiger partial charge in [0.05, 0.1) is 0 Å². The summed E-state index contributed by atoms with van der Waals surface area (Å²) in [6.07, 6.45) is 2.92. The minimum absolute atomic E-state index is 0.0398. The fourth-order valence-corrected chi connectivity index (χ4v) is 1.42. The van der Waals surface area contributed by atoms with E-state index in [0.29, 0.717) is 12.2 Å². The average molecular weight is 224 g/mol. The van der Waals surface area contributed by atoms with Crippen molar-refractivity contribution in [3.63, 3.8) is 0 Å². The smallest absolute Gasteiger partial charge is 0.339 e. The topological polar surface area (TPSA) is 82.5 Å². The predicted octanol–water partition coefficient (Wildman–Crippen LogP) is 1.35. The summed E-state index contributed by atoms with van der Waals surface area (Å²) in [6.45, 7) is 2.04. The maximum Gasteiger partial charge on any atom is 0.339 e. The van der Waals surface area contributed by atoms with Crippen molar-refractivity contribution in [2.24, 2.45) is 0 Å². The van der Waals surface area contributed by atoms with Crippen LogP contribution in [0.3, 0.4) is 0 Å². The molecule has 1 heterocycles. The van der Waals surface area contributed by atoms with Crippen molar-refractivity contribution in [2.75, 3.05) is 11.9 Å². The number of nitrogens with zero attached hydrogens (tertiary/aromatic N) is 1. The fourth-order valence-electron chi connectivity index (χ4n) is 1.42. The molecule has 5 heteroatoms. The van der Waals surface area contributed by atoms with E-state index in [0.717, 1.165) is 6.42 Å². The molecule has 1 atom stereocenters. The number of aliphatic hydroxyl groups excluding tert-OH is 1. The number of aromatic carboxylic acids is 1. The predicted molar refractivity (Wildman–Crippen MR) is 60.6 cm³/mol. The second-order valence-electron chi connectivity index (χ2n) is 3.47. The number of rotatable bonds is 6. The Labute approximate surface area is 94.1 Å². The second-order valence-corrected chi connectivity index (χ2v) is 3.47. The van der Waals surface area contributed by atoms with E-state index in [1.807, 2.05) is 6.92 Å². The molecule has 0 aliphatic carbocycles. The van der Waals surface area contributed by atoms with Gasteiger partial charge in [0.25, 0.3) is 0 Å². The van der Waals surface area contributed by atoms with Crippen molar-refractivity contribution in [1.82, 2.24) is 4.98 Å². The van der Waals surface area contributed by atoms with Gasteiger partial charge in [-0.3, -0.25) is 0 Å². The number of aliphatic hydroxyl groups is 1. The van der Waals surface area contributed by atoms with Crippen LogP contribution >= 0.6 is 0 Å². The molecule has 0 amide bonds. The highest BCUT2D eigenvalue weighted by Crippen LogP contribution is 2.14. The summed E-state index contributed by atoms with van der Waals surface area (Å²) >= 11 is 0. The molecule has 1 rings (SSSR count). The van der Waals surface area contributed by atoms with Gasteiger partial charge in [-0.2, -0.15) is 0 Å². The van der Waals surface area contributed by atoms with E-state index in [4.69, 9.17) is 10.2 Å². The molecule has 0 radical (unpaired) electrons. The maximum atomic E-state index is 10.9. The maximum absolute atomic E-state index is 10.9. The van der Waals surface area contributed by atoms with Crippen molar-refractivity contribution in [3.05, 3.63) is 23.9 Å². The van der Waals surface area contributed by atoms with Crippen LogP contribution in [0.1, 0.15) is 30.1 Å². The molecule has 16 heavy (non-hydrogen) atoms. The molecule has 1 aromatic rings. The number of carbonyl (C=O) groups is 1. The zero-order valence-corrected chi connectivity index (χ0v) is 9.18.